The molecule has 0 spiro atoms. The van der Waals surface area contributed by atoms with Gasteiger partial charge in [0.1, 0.15) is 16.7 Å². The van der Waals surface area contributed by atoms with Crippen LogP contribution < -0.4 is 4.74 Å². The van der Waals surface area contributed by atoms with Crippen LogP contribution in [0.25, 0.3) is 11.3 Å². The second kappa shape index (κ2) is 5.36. The highest BCUT2D eigenvalue weighted by molar-refractivity contribution is 6.30. The Labute approximate surface area is 112 Å². The van der Waals surface area contributed by atoms with E-state index in [9.17, 15) is 0 Å². The Kier molecular flexibility index (Phi) is 3.82. The van der Waals surface area contributed by atoms with Crippen molar-refractivity contribution >= 4 is 11.6 Å². The predicted molar refractivity (Wildman–Crippen MR) is 73.1 cm³/mol. The quantitative estimate of drug-likeness (QED) is 0.792. The van der Waals surface area contributed by atoms with Crippen LogP contribution in [0.5, 0.6) is 5.75 Å². The van der Waals surface area contributed by atoms with Gasteiger partial charge in [0.15, 0.2) is 0 Å². The summed E-state index contributed by atoms with van der Waals surface area (Å²) < 4.78 is 5.15. The normalized spacial score (nSPS) is 10.4. The zero-order chi connectivity index (χ0) is 13.1. The van der Waals surface area contributed by atoms with Gasteiger partial charge >= 0.3 is 0 Å². The zero-order valence-corrected chi connectivity index (χ0v) is 11.5. The first-order valence-corrected chi connectivity index (χ1v) is 6.21. The molecule has 2 rings (SSSR count). The third kappa shape index (κ3) is 2.46. The first-order valence-electron chi connectivity index (χ1n) is 5.83. The van der Waals surface area contributed by atoms with Crippen LogP contribution in [-0.2, 0) is 6.42 Å². The summed E-state index contributed by atoms with van der Waals surface area (Å²) in [5.74, 6) is 1.59. The van der Waals surface area contributed by atoms with Crippen LogP contribution in [-0.4, -0.2) is 17.1 Å². The first kappa shape index (κ1) is 12.8. The van der Waals surface area contributed by atoms with Crippen LogP contribution in [0.15, 0.2) is 24.3 Å². The average molecular weight is 263 g/mol. The molecule has 0 saturated carbocycles. The molecule has 3 nitrogen and oxygen atoms in total. The molecule has 0 amide bonds. The number of rotatable bonds is 3. The summed E-state index contributed by atoms with van der Waals surface area (Å²) >= 11 is 6.13. The number of methoxy groups -OCH3 is 1. The molecule has 94 valence electrons. The molecule has 0 saturated heterocycles. The van der Waals surface area contributed by atoms with Crippen molar-refractivity contribution in [2.24, 2.45) is 0 Å². The topological polar surface area (TPSA) is 35.0 Å². The fraction of sp³-hybridized carbons (Fsp3) is 0.286. The van der Waals surface area contributed by atoms with Gasteiger partial charge in [0, 0.05) is 17.5 Å². The minimum atomic E-state index is 0.521. The lowest BCUT2D eigenvalue weighted by molar-refractivity contribution is 0.415. The minimum Gasteiger partial charge on any atom is -0.497 e. The fourth-order valence-electron chi connectivity index (χ4n) is 1.72. The van der Waals surface area contributed by atoms with Gasteiger partial charge in [0.25, 0.3) is 0 Å². The molecule has 0 bridgehead atoms. The number of nitrogens with zero attached hydrogens (tertiary/aromatic N) is 2. The highest BCUT2D eigenvalue weighted by Gasteiger charge is 2.10. The van der Waals surface area contributed by atoms with Crippen LogP contribution >= 0.6 is 11.6 Å². The summed E-state index contributed by atoms with van der Waals surface area (Å²) in [5, 5.41) is 0.521. The summed E-state index contributed by atoms with van der Waals surface area (Å²) in [6, 6.07) is 7.78. The van der Waals surface area contributed by atoms with Gasteiger partial charge in [0.05, 0.1) is 12.8 Å². The van der Waals surface area contributed by atoms with Crippen molar-refractivity contribution in [3.8, 4) is 17.0 Å². The maximum Gasteiger partial charge on any atom is 0.136 e. The number of aromatic nitrogens is 2. The Balaban J connectivity index is 2.51. The van der Waals surface area contributed by atoms with E-state index in [1.807, 2.05) is 38.1 Å². The highest BCUT2D eigenvalue weighted by atomic mass is 35.5. The lowest BCUT2D eigenvalue weighted by Gasteiger charge is -2.09. The third-order valence-corrected chi connectivity index (χ3v) is 3.18. The lowest BCUT2D eigenvalue weighted by atomic mass is 10.1. The Bertz CT molecular complexity index is 552. The molecule has 0 radical (unpaired) electrons. The van der Waals surface area contributed by atoms with Gasteiger partial charge in [-0.2, -0.15) is 0 Å². The lowest BCUT2D eigenvalue weighted by Crippen LogP contribution is -1.99. The maximum atomic E-state index is 6.13. The SMILES string of the molecule is CCc1nc(Cl)c(C)c(-c2ccc(OC)cc2)n1. The number of halogens is 1. The van der Waals surface area contributed by atoms with Crippen molar-refractivity contribution in [2.45, 2.75) is 20.3 Å². The van der Waals surface area contributed by atoms with Crippen LogP contribution in [0.3, 0.4) is 0 Å². The number of aryl methyl sites for hydroxylation is 1. The van der Waals surface area contributed by atoms with E-state index in [1.54, 1.807) is 7.11 Å². The van der Waals surface area contributed by atoms with Crippen LogP contribution in [0, 0.1) is 6.92 Å². The summed E-state index contributed by atoms with van der Waals surface area (Å²) in [6.07, 6.45) is 0.767. The van der Waals surface area contributed by atoms with E-state index < -0.39 is 0 Å². The predicted octanol–water partition coefficient (Wildman–Crippen LogP) is 3.68. The van der Waals surface area contributed by atoms with Crippen molar-refractivity contribution in [3.63, 3.8) is 0 Å². The van der Waals surface area contributed by atoms with Gasteiger partial charge in [0.2, 0.25) is 0 Å². The van der Waals surface area contributed by atoms with Crippen molar-refractivity contribution in [2.75, 3.05) is 7.11 Å². The van der Waals surface area contributed by atoms with Crippen LogP contribution in [0.1, 0.15) is 18.3 Å². The monoisotopic (exact) mass is 262 g/mol. The van der Waals surface area contributed by atoms with Gasteiger partial charge in [-0.15, -0.1) is 0 Å². The molecule has 0 fully saturated rings. The molecule has 0 N–H and O–H groups in total. The van der Waals surface area contributed by atoms with E-state index in [0.717, 1.165) is 34.8 Å². The first-order chi connectivity index (χ1) is 8.65. The molecule has 2 aromatic rings. The summed E-state index contributed by atoms with van der Waals surface area (Å²) in [4.78, 5) is 8.78. The van der Waals surface area contributed by atoms with E-state index in [1.165, 1.54) is 0 Å². The van der Waals surface area contributed by atoms with Gasteiger partial charge < -0.3 is 4.74 Å². The Morgan fingerprint density at radius 1 is 1.17 bits per heavy atom. The summed E-state index contributed by atoms with van der Waals surface area (Å²) in [5.41, 5.74) is 2.81. The molecule has 1 aromatic heterocycles. The van der Waals surface area contributed by atoms with Crippen molar-refractivity contribution in [1.82, 2.24) is 9.97 Å². The molecule has 0 atom stereocenters. The third-order valence-electron chi connectivity index (χ3n) is 2.81. The Hall–Kier alpha value is -1.61. The van der Waals surface area contributed by atoms with Crippen molar-refractivity contribution in [3.05, 3.63) is 40.8 Å². The van der Waals surface area contributed by atoms with E-state index in [-0.39, 0.29) is 0 Å². The summed E-state index contributed by atoms with van der Waals surface area (Å²) in [7, 11) is 1.65. The molecule has 0 unspecified atom stereocenters. The molecular weight excluding hydrogens is 248 g/mol. The second-order valence-electron chi connectivity index (χ2n) is 3.99. The smallest absolute Gasteiger partial charge is 0.136 e. The highest BCUT2D eigenvalue weighted by Crippen LogP contribution is 2.27. The molecule has 1 aromatic carbocycles. The molecule has 4 heteroatoms. The van der Waals surface area contributed by atoms with Gasteiger partial charge in [-0.05, 0) is 31.2 Å². The average Bonchev–Trinajstić information content (AvgIpc) is 2.42. The molecular formula is C14H15ClN2O. The molecule has 18 heavy (non-hydrogen) atoms. The van der Waals surface area contributed by atoms with E-state index in [0.29, 0.717) is 5.15 Å². The minimum absolute atomic E-state index is 0.521. The zero-order valence-electron chi connectivity index (χ0n) is 10.7. The Morgan fingerprint density at radius 3 is 2.39 bits per heavy atom. The van der Waals surface area contributed by atoms with E-state index in [4.69, 9.17) is 16.3 Å². The van der Waals surface area contributed by atoms with Crippen molar-refractivity contribution in [1.29, 1.82) is 0 Å². The van der Waals surface area contributed by atoms with Gasteiger partial charge in [-0.25, -0.2) is 9.97 Å². The number of hydrogen-bond acceptors (Lipinski definition) is 3. The van der Waals surface area contributed by atoms with Crippen LogP contribution in [0.4, 0.5) is 0 Å². The molecule has 0 aliphatic carbocycles. The largest absolute Gasteiger partial charge is 0.497 e. The number of hydrogen-bond donors (Lipinski definition) is 0. The maximum absolute atomic E-state index is 6.13. The Morgan fingerprint density at radius 2 is 1.83 bits per heavy atom. The van der Waals surface area contributed by atoms with E-state index >= 15 is 0 Å². The van der Waals surface area contributed by atoms with Gasteiger partial charge in [-0.1, -0.05) is 18.5 Å². The van der Waals surface area contributed by atoms with E-state index in [2.05, 4.69) is 9.97 Å². The number of benzene rings is 1. The molecule has 1 heterocycles. The molecule has 0 aliphatic heterocycles. The van der Waals surface area contributed by atoms with Crippen molar-refractivity contribution < 1.29 is 4.74 Å². The second-order valence-corrected chi connectivity index (χ2v) is 4.34. The summed E-state index contributed by atoms with van der Waals surface area (Å²) in [6.45, 7) is 3.94. The van der Waals surface area contributed by atoms with Crippen LogP contribution in [0.2, 0.25) is 5.15 Å². The molecule has 0 aliphatic rings. The van der Waals surface area contributed by atoms with Gasteiger partial charge in [-0.3, -0.25) is 0 Å². The fourth-order valence-corrected chi connectivity index (χ4v) is 1.91. The number of ether oxygens (including phenoxy) is 1. The standard InChI is InChI=1S/C14H15ClN2O/c1-4-12-16-13(9(2)14(15)17-12)10-5-7-11(18-3)8-6-10/h5-8H,4H2,1-3H3.